The second-order valence-electron chi connectivity index (χ2n) is 16.7. The molecule has 6 aromatic rings. The number of benzene rings is 6. The summed E-state index contributed by atoms with van der Waals surface area (Å²) >= 11 is 0. The van der Waals surface area contributed by atoms with E-state index >= 15 is 0 Å². The molecule has 2 saturated heterocycles. The van der Waals surface area contributed by atoms with Crippen molar-refractivity contribution in [3.63, 3.8) is 0 Å². The van der Waals surface area contributed by atoms with Crippen LogP contribution in [0.3, 0.4) is 0 Å². The summed E-state index contributed by atoms with van der Waals surface area (Å²) in [5.74, 6) is -4.28. The van der Waals surface area contributed by atoms with Gasteiger partial charge >= 0.3 is 29.8 Å². The van der Waals surface area contributed by atoms with Crippen LogP contribution in [0, 0.1) is 0 Å². The highest BCUT2D eigenvalue weighted by atomic mass is 16.8. The number of esters is 5. The van der Waals surface area contributed by atoms with E-state index in [1.54, 1.807) is 84.9 Å². The normalized spacial score (nSPS) is 23.7. The van der Waals surface area contributed by atoms with Crippen LogP contribution in [0.5, 0.6) is 0 Å². The van der Waals surface area contributed by atoms with Crippen molar-refractivity contribution in [3.05, 3.63) is 215 Å². The van der Waals surface area contributed by atoms with Crippen LogP contribution in [0.25, 0.3) is 0 Å². The fourth-order valence-corrected chi connectivity index (χ4v) is 8.08. The number of aliphatic hydroxyl groups excluding tert-OH is 1. The first-order valence-electron chi connectivity index (χ1n) is 23.2. The minimum absolute atomic E-state index is 0.0810. The van der Waals surface area contributed by atoms with Crippen molar-refractivity contribution in [1.82, 2.24) is 0 Å². The maximum atomic E-state index is 14.3. The molecular weight excluding hydrogens is 929 g/mol. The molecule has 0 unspecified atom stereocenters. The third-order valence-electron chi connectivity index (χ3n) is 11.6. The van der Waals surface area contributed by atoms with Gasteiger partial charge in [-0.3, -0.25) is 4.79 Å². The Hall–Kier alpha value is -7.57. The maximum Gasteiger partial charge on any atom is 0.338 e. The zero-order chi connectivity index (χ0) is 50.2. The fraction of sp³-hybridized carbons (Fsp3) is 0.268. The summed E-state index contributed by atoms with van der Waals surface area (Å²) < 4.78 is 62.8. The zero-order valence-electron chi connectivity index (χ0n) is 39.0. The lowest BCUT2D eigenvalue weighted by Crippen LogP contribution is -2.67. The van der Waals surface area contributed by atoms with Gasteiger partial charge in [0, 0.05) is 6.92 Å². The van der Waals surface area contributed by atoms with Gasteiger partial charge < -0.3 is 52.5 Å². The molecule has 6 aromatic carbocycles. The number of aliphatic hydroxyl groups is 1. The highest BCUT2D eigenvalue weighted by molar-refractivity contribution is 5.91. The van der Waals surface area contributed by atoms with Crippen molar-refractivity contribution >= 4 is 29.8 Å². The molecule has 0 aliphatic carbocycles. The molecule has 2 fully saturated rings. The molecule has 0 bridgehead atoms. The number of rotatable bonds is 19. The first kappa shape index (κ1) is 50.8. The van der Waals surface area contributed by atoms with Gasteiger partial charge in [0.15, 0.2) is 37.0 Å². The van der Waals surface area contributed by atoms with E-state index in [1.165, 1.54) is 48.5 Å². The topological polar surface area (TPSA) is 198 Å². The largest absolute Gasteiger partial charge is 0.463 e. The van der Waals surface area contributed by atoms with Crippen molar-refractivity contribution < 1.29 is 76.4 Å². The summed E-state index contributed by atoms with van der Waals surface area (Å²) in [6.07, 6.45) is -16.0. The Morgan fingerprint density at radius 2 is 0.819 bits per heavy atom. The summed E-state index contributed by atoms with van der Waals surface area (Å²) in [5, 5.41) is 11.8. The van der Waals surface area contributed by atoms with Gasteiger partial charge in [0.2, 0.25) is 0 Å². The summed E-state index contributed by atoms with van der Waals surface area (Å²) in [6, 6.07) is 50.2. The Bertz CT molecular complexity index is 2680. The molecule has 16 heteroatoms. The minimum Gasteiger partial charge on any atom is -0.463 e. The van der Waals surface area contributed by atoms with Crippen molar-refractivity contribution in [3.8, 4) is 0 Å². The molecule has 2 aliphatic heterocycles. The van der Waals surface area contributed by atoms with Crippen LogP contribution < -0.4 is 0 Å². The molecule has 0 saturated carbocycles. The van der Waals surface area contributed by atoms with Crippen molar-refractivity contribution in [1.29, 1.82) is 0 Å². The van der Waals surface area contributed by atoms with Crippen LogP contribution in [0.15, 0.2) is 182 Å². The number of ether oxygens (including phenoxy) is 10. The second-order valence-corrected chi connectivity index (χ2v) is 16.7. The second kappa shape index (κ2) is 25.0. The van der Waals surface area contributed by atoms with Crippen LogP contribution in [0.2, 0.25) is 0 Å². The van der Waals surface area contributed by atoms with Crippen LogP contribution in [0.1, 0.15) is 59.5 Å². The van der Waals surface area contributed by atoms with Crippen molar-refractivity contribution in [2.24, 2.45) is 0 Å². The molecule has 0 radical (unpaired) electrons. The van der Waals surface area contributed by atoms with E-state index < -0.39 is 97.9 Å². The van der Waals surface area contributed by atoms with Gasteiger partial charge in [-0.2, -0.15) is 0 Å². The third-order valence-corrected chi connectivity index (χ3v) is 11.6. The quantitative estimate of drug-likeness (QED) is 0.0638. The standard InChI is InChI=1S/C56H52O16/c1-36(57)64-35-44-46(68-51(58)39-24-12-4-13-25-39)48(69-52(59)40-26-14-5-15-27-40)50(71-54(61)42-30-18-7-19-31-42)56(67-44)72-45-43(34-63-32-37-20-8-2-9-21-37)66-55(62)49(70-53(60)41-28-16-6-17-29-41)47(45)65-33-38-22-10-3-11-23-38/h2-31,43-50,55-56,62H,32-35H2,1H3/t43-,44-,45+,46+,47+,48+,49-,50-,55-,56+/m1/s1. The Balaban J connectivity index is 1.24. The molecule has 10 atom stereocenters. The summed E-state index contributed by atoms with van der Waals surface area (Å²) in [7, 11) is 0. The van der Waals surface area contributed by atoms with E-state index in [0.717, 1.165) is 12.5 Å². The molecule has 72 heavy (non-hydrogen) atoms. The average molecular weight is 981 g/mol. The minimum atomic E-state index is -1.83. The predicted molar refractivity (Wildman–Crippen MR) is 255 cm³/mol. The van der Waals surface area contributed by atoms with E-state index in [0.29, 0.717) is 5.56 Å². The molecule has 8 rings (SSSR count). The molecule has 372 valence electrons. The lowest BCUT2D eigenvalue weighted by Gasteiger charge is -2.48. The van der Waals surface area contributed by atoms with Crippen molar-refractivity contribution in [2.45, 2.75) is 81.5 Å². The summed E-state index contributed by atoms with van der Waals surface area (Å²) in [5.41, 5.74) is 1.95. The summed E-state index contributed by atoms with van der Waals surface area (Å²) in [4.78, 5) is 68.9. The Morgan fingerprint density at radius 3 is 1.28 bits per heavy atom. The molecule has 2 aliphatic rings. The highest BCUT2D eigenvalue weighted by Gasteiger charge is 2.57. The van der Waals surface area contributed by atoms with E-state index in [9.17, 15) is 29.1 Å². The zero-order valence-corrected chi connectivity index (χ0v) is 39.0. The first-order chi connectivity index (χ1) is 35.1. The van der Waals surface area contributed by atoms with E-state index in [-0.39, 0.29) is 42.1 Å². The smallest absolute Gasteiger partial charge is 0.338 e. The van der Waals surface area contributed by atoms with Gasteiger partial charge in [-0.05, 0) is 59.7 Å². The Morgan fingerprint density at radius 1 is 0.431 bits per heavy atom. The van der Waals surface area contributed by atoms with E-state index in [4.69, 9.17) is 47.4 Å². The fourth-order valence-electron chi connectivity index (χ4n) is 8.08. The highest BCUT2D eigenvalue weighted by Crippen LogP contribution is 2.36. The van der Waals surface area contributed by atoms with Crippen LogP contribution >= 0.6 is 0 Å². The maximum absolute atomic E-state index is 14.3. The van der Waals surface area contributed by atoms with Gasteiger partial charge in [-0.1, -0.05) is 133 Å². The Labute approximate surface area is 415 Å². The van der Waals surface area contributed by atoms with Gasteiger partial charge in [0.05, 0.1) is 42.1 Å². The number of hydrogen-bond acceptors (Lipinski definition) is 16. The van der Waals surface area contributed by atoms with Crippen LogP contribution in [-0.4, -0.2) is 110 Å². The number of hydrogen-bond donors (Lipinski definition) is 1. The van der Waals surface area contributed by atoms with Crippen molar-refractivity contribution in [2.75, 3.05) is 13.2 Å². The van der Waals surface area contributed by atoms with Gasteiger partial charge in [0.25, 0.3) is 0 Å². The Kier molecular flexibility index (Phi) is 17.6. The molecule has 0 spiro atoms. The van der Waals surface area contributed by atoms with Gasteiger partial charge in [-0.25, -0.2) is 19.2 Å². The monoisotopic (exact) mass is 980 g/mol. The SMILES string of the molecule is CC(=O)OC[C@H]1O[C@@H](O[C@@H]2[C@H](OCc3ccccc3)[C@@H](OC(=O)c3ccccc3)[C@H](O)O[C@@H]2COCc2ccccc2)[C@H](OC(=O)c2ccccc2)[C@@H](OC(=O)c2ccccc2)[C@H]1OC(=O)c1ccccc1. The van der Waals surface area contributed by atoms with Gasteiger partial charge in [0.1, 0.15) is 31.0 Å². The summed E-state index contributed by atoms with van der Waals surface area (Å²) in [6.45, 7) is 0.309. The first-order valence-corrected chi connectivity index (χ1v) is 23.2. The molecular formula is C56H52O16. The van der Waals surface area contributed by atoms with E-state index in [1.807, 2.05) is 48.5 Å². The molecule has 16 nitrogen and oxygen atoms in total. The average Bonchev–Trinajstić information content (AvgIpc) is 3.41. The number of carbonyl (C=O) groups excluding carboxylic acids is 5. The number of carbonyl (C=O) groups is 5. The van der Waals surface area contributed by atoms with Crippen LogP contribution in [0.4, 0.5) is 0 Å². The third kappa shape index (κ3) is 13.4. The predicted octanol–water partition coefficient (Wildman–Crippen LogP) is 7.08. The molecule has 1 N–H and O–H groups in total. The molecule has 0 amide bonds. The molecule has 0 aromatic heterocycles. The van der Waals surface area contributed by atoms with E-state index in [2.05, 4.69) is 0 Å². The van der Waals surface area contributed by atoms with Gasteiger partial charge in [-0.15, -0.1) is 0 Å². The molecule has 2 heterocycles. The lowest BCUT2D eigenvalue weighted by molar-refractivity contribution is -0.358. The van der Waals surface area contributed by atoms with Crippen LogP contribution in [-0.2, 0) is 65.4 Å². The lowest BCUT2D eigenvalue weighted by atomic mass is 9.95.